The molecule has 0 aliphatic carbocycles. The first-order valence-electron chi connectivity index (χ1n) is 3.58. The van der Waals surface area contributed by atoms with E-state index in [-0.39, 0.29) is 5.28 Å². The zero-order chi connectivity index (χ0) is 8.97. The lowest BCUT2D eigenvalue weighted by molar-refractivity contribution is 1.11. The van der Waals surface area contributed by atoms with E-state index in [1.54, 1.807) is 12.3 Å². The van der Waals surface area contributed by atoms with Crippen LogP contribution in [-0.2, 0) is 0 Å². The van der Waals surface area contributed by atoms with Crippen LogP contribution in [-0.4, -0.2) is 16.5 Å². The van der Waals surface area contributed by atoms with E-state index >= 15 is 0 Å². The molecule has 0 bridgehead atoms. The largest absolute Gasteiger partial charge is 0.366 e. The lowest BCUT2D eigenvalue weighted by Gasteiger charge is -2.04. The van der Waals surface area contributed by atoms with Crippen LogP contribution in [0.4, 0.5) is 5.82 Å². The van der Waals surface area contributed by atoms with E-state index in [2.05, 4.69) is 21.9 Å². The molecule has 12 heavy (non-hydrogen) atoms. The SMILES string of the molecule is C=CCNc1nc(Cl)ncc1C. The van der Waals surface area contributed by atoms with Crippen molar-refractivity contribution in [1.29, 1.82) is 0 Å². The third kappa shape index (κ3) is 2.20. The number of nitrogens with one attached hydrogen (secondary N) is 1. The Morgan fingerprint density at radius 3 is 3.17 bits per heavy atom. The molecule has 3 nitrogen and oxygen atoms in total. The minimum atomic E-state index is 0.257. The highest BCUT2D eigenvalue weighted by molar-refractivity contribution is 6.28. The lowest BCUT2D eigenvalue weighted by Crippen LogP contribution is -2.03. The molecule has 1 aromatic rings. The van der Waals surface area contributed by atoms with Crippen LogP contribution in [0, 0.1) is 6.92 Å². The van der Waals surface area contributed by atoms with Gasteiger partial charge in [-0.05, 0) is 18.5 Å². The Morgan fingerprint density at radius 2 is 2.50 bits per heavy atom. The van der Waals surface area contributed by atoms with E-state index in [1.165, 1.54) is 0 Å². The quantitative estimate of drug-likeness (QED) is 0.576. The van der Waals surface area contributed by atoms with Crippen molar-refractivity contribution in [2.45, 2.75) is 6.92 Å². The van der Waals surface area contributed by atoms with Gasteiger partial charge in [-0.15, -0.1) is 6.58 Å². The Hall–Kier alpha value is -1.09. The van der Waals surface area contributed by atoms with Crippen LogP contribution >= 0.6 is 11.6 Å². The molecule has 0 aliphatic rings. The van der Waals surface area contributed by atoms with Crippen LogP contribution in [0.5, 0.6) is 0 Å². The zero-order valence-corrected chi connectivity index (χ0v) is 7.60. The third-order valence-electron chi connectivity index (χ3n) is 1.36. The van der Waals surface area contributed by atoms with Gasteiger partial charge in [-0.25, -0.2) is 9.97 Å². The number of rotatable bonds is 3. The van der Waals surface area contributed by atoms with Crippen LogP contribution < -0.4 is 5.32 Å². The van der Waals surface area contributed by atoms with E-state index in [0.717, 1.165) is 11.4 Å². The summed E-state index contributed by atoms with van der Waals surface area (Å²) in [4.78, 5) is 7.84. The zero-order valence-electron chi connectivity index (χ0n) is 6.84. The summed E-state index contributed by atoms with van der Waals surface area (Å²) in [7, 11) is 0. The summed E-state index contributed by atoms with van der Waals surface area (Å²) in [6.45, 7) is 6.18. The molecule has 1 N–H and O–H groups in total. The minimum absolute atomic E-state index is 0.257. The summed E-state index contributed by atoms with van der Waals surface area (Å²) in [6, 6.07) is 0. The van der Waals surface area contributed by atoms with Gasteiger partial charge in [0.1, 0.15) is 5.82 Å². The van der Waals surface area contributed by atoms with Gasteiger partial charge in [-0.3, -0.25) is 0 Å². The molecule has 0 fully saturated rings. The first-order chi connectivity index (χ1) is 5.74. The average Bonchev–Trinajstić information content (AvgIpc) is 2.07. The Balaban J connectivity index is 2.82. The van der Waals surface area contributed by atoms with Crippen molar-refractivity contribution in [2.75, 3.05) is 11.9 Å². The number of anilines is 1. The van der Waals surface area contributed by atoms with Gasteiger partial charge in [0, 0.05) is 18.3 Å². The summed E-state index contributed by atoms with van der Waals surface area (Å²) < 4.78 is 0. The van der Waals surface area contributed by atoms with Gasteiger partial charge in [0.25, 0.3) is 0 Å². The van der Waals surface area contributed by atoms with Gasteiger partial charge < -0.3 is 5.32 Å². The number of halogens is 1. The van der Waals surface area contributed by atoms with Gasteiger partial charge >= 0.3 is 0 Å². The summed E-state index contributed by atoms with van der Waals surface area (Å²) in [5, 5.41) is 3.31. The molecule has 64 valence electrons. The molecule has 0 spiro atoms. The molecular formula is C8H10ClN3. The molecule has 0 atom stereocenters. The lowest BCUT2D eigenvalue weighted by atomic mass is 10.3. The second-order valence-corrected chi connectivity index (χ2v) is 2.68. The molecule has 0 aromatic carbocycles. The van der Waals surface area contributed by atoms with E-state index in [1.807, 2.05) is 6.92 Å². The van der Waals surface area contributed by atoms with Crippen molar-refractivity contribution in [1.82, 2.24) is 9.97 Å². The topological polar surface area (TPSA) is 37.8 Å². The Labute approximate surface area is 76.5 Å². The predicted molar refractivity (Wildman–Crippen MR) is 50.5 cm³/mol. The van der Waals surface area contributed by atoms with E-state index in [4.69, 9.17) is 11.6 Å². The second kappa shape index (κ2) is 4.07. The Kier molecular flexibility index (Phi) is 3.05. The molecule has 0 unspecified atom stereocenters. The molecule has 4 heteroatoms. The molecule has 0 aliphatic heterocycles. The highest BCUT2D eigenvalue weighted by Gasteiger charge is 1.99. The number of aromatic nitrogens is 2. The number of nitrogens with zero attached hydrogens (tertiary/aromatic N) is 2. The summed E-state index contributed by atoms with van der Waals surface area (Å²) >= 11 is 5.61. The van der Waals surface area contributed by atoms with Crippen LogP contribution in [0.2, 0.25) is 5.28 Å². The highest BCUT2D eigenvalue weighted by atomic mass is 35.5. The molecular weight excluding hydrogens is 174 g/mol. The van der Waals surface area contributed by atoms with E-state index < -0.39 is 0 Å². The summed E-state index contributed by atoms with van der Waals surface area (Å²) in [6.07, 6.45) is 3.44. The summed E-state index contributed by atoms with van der Waals surface area (Å²) in [5.41, 5.74) is 0.973. The minimum Gasteiger partial charge on any atom is -0.366 e. The number of hydrogen-bond acceptors (Lipinski definition) is 3. The van der Waals surface area contributed by atoms with Gasteiger partial charge in [-0.2, -0.15) is 0 Å². The number of aryl methyl sites for hydroxylation is 1. The van der Waals surface area contributed by atoms with Crippen LogP contribution in [0.15, 0.2) is 18.9 Å². The summed E-state index contributed by atoms with van der Waals surface area (Å²) in [5.74, 6) is 0.759. The molecule has 1 heterocycles. The van der Waals surface area contributed by atoms with Crippen molar-refractivity contribution in [2.24, 2.45) is 0 Å². The molecule has 1 rings (SSSR count). The van der Waals surface area contributed by atoms with Crippen molar-refractivity contribution in [3.8, 4) is 0 Å². The predicted octanol–water partition coefficient (Wildman–Crippen LogP) is 2.04. The van der Waals surface area contributed by atoms with Crippen LogP contribution in [0.25, 0.3) is 0 Å². The van der Waals surface area contributed by atoms with Crippen molar-refractivity contribution in [3.05, 3.63) is 29.7 Å². The normalized spacial score (nSPS) is 9.50. The molecule has 0 amide bonds. The fraction of sp³-hybridized carbons (Fsp3) is 0.250. The van der Waals surface area contributed by atoms with E-state index in [0.29, 0.717) is 6.54 Å². The fourth-order valence-corrected chi connectivity index (χ4v) is 0.902. The van der Waals surface area contributed by atoms with Gasteiger partial charge in [0.15, 0.2) is 0 Å². The number of hydrogen-bond donors (Lipinski definition) is 1. The Morgan fingerprint density at radius 1 is 1.75 bits per heavy atom. The first kappa shape index (κ1) is 9.00. The maximum absolute atomic E-state index is 5.61. The Bertz CT molecular complexity index is 286. The van der Waals surface area contributed by atoms with Crippen molar-refractivity contribution >= 4 is 17.4 Å². The second-order valence-electron chi connectivity index (χ2n) is 2.34. The first-order valence-corrected chi connectivity index (χ1v) is 3.95. The molecule has 0 saturated carbocycles. The molecule has 0 radical (unpaired) electrons. The molecule has 0 saturated heterocycles. The molecule has 1 aromatic heterocycles. The maximum Gasteiger partial charge on any atom is 0.224 e. The highest BCUT2D eigenvalue weighted by Crippen LogP contribution is 2.11. The van der Waals surface area contributed by atoms with Gasteiger partial charge in [-0.1, -0.05) is 6.08 Å². The monoisotopic (exact) mass is 183 g/mol. The van der Waals surface area contributed by atoms with Crippen molar-refractivity contribution in [3.63, 3.8) is 0 Å². The maximum atomic E-state index is 5.61. The van der Waals surface area contributed by atoms with Crippen molar-refractivity contribution < 1.29 is 0 Å². The van der Waals surface area contributed by atoms with Gasteiger partial charge in [0.2, 0.25) is 5.28 Å². The van der Waals surface area contributed by atoms with Crippen LogP contribution in [0.1, 0.15) is 5.56 Å². The van der Waals surface area contributed by atoms with Gasteiger partial charge in [0.05, 0.1) is 0 Å². The third-order valence-corrected chi connectivity index (χ3v) is 1.54. The standard InChI is InChI=1S/C8H10ClN3/c1-3-4-10-7-6(2)5-11-8(9)12-7/h3,5H,1,4H2,2H3,(H,10,11,12). The fourth-order valence-electron chi connectivity index (χ4n) is 0.768. The smallest absolute Gasteiger partial charge is 0.224 e. The van der Waals surface area contributed by atoms with E-state index in [9.17, 15) is 0 Å². The van der Waals surface area contributed by atoms with Crippen LogP contribution in [0.3, 0.4) is 0 Å². The average molecular weight is 184 g/mol.